The minimum absolute atomic E-state index is 0.0144. The fraction of sp³-hybridized carbons (Fsp3) is 0. The molecule has 0 unspecified atom stereocenters. The average molecular weight is 250 g/mol. The van der Waals surface area contributed by atoms with Crippen LogP contribution in [0.3, 0.4) is 0 Å². The van der Waals surface area contributed by atoms with Crippen molar-refractivity contribution in [2.75, 3.05) is 0 Å². The Morgan fingerprint density at radius 2 is 1.67 bits per heavy atom. The van der Waals surface area contributed by atoms with Gasteiger partial charge >= 0.3 is 0 Å². The predicted molar refractivity (Wildman–Crippen MR) is 63.1 cm³/mol. The topological polar surface area (TPSA) is 38.4 Å². The van der Waals surface area contributed by atoms with Crippen molar-refractivity contribution in [1.82, 2.24) is 0 Å². The van der Waals surface area contributed by atoms with E-state index in [0.29, 0.717) is 11.6 Å². The number of benzene rings is 2. The monoisotopic (exact) mass is 250 g/mol. The molecule has 2 aromatic rings. The van der Waals surface area contributed by atoms with Crippen molar-refractivity contribution >= 4 is 11.5 Å². The lowest BCUT2D eigenvalue weighted by Crippen LogP contribution is -2.12. The van der Waals surface area contributed by atoms with E-state index in [-0.39, 0.29) is 5.84 Å². The first-order valence-corrected chi connectivity index (χ1v) is 5.12. The minimum Gasteiger partial charge on any atom is -0.383 e. The van der Waals surface area contributed by atoms with Crippen molar-refractivity contribution in [2.45, 2.75) is 0 Å². The summed E-state index contributed by atoms with van der Waals surface area (Å²) < 4.78 is 39.3. The second-order valence-electron chi connectivity index (χ2n) is 3.58. The molecule has 0 atom stereocenters. The van der Waals surface area contributed by atoms with Crippen LogP contribution in [0.5, 0.6) is 0 Å². The smallest absolute Gasteiger partial charge is 0.184 e. The van der Waals surface area contributed by atoms with Crippen LogP contribution in [-0.2, 0) is 0 Å². The van der Waals surface area contributed by atoms with Gasteiger partial charge in [-0.3, -0.25) is 0 Å². The zero-order valence-electron chi connectivity index (χ0n) is 9.20. The Balaban J connectivity index is 2.45. The summed E-state index contributed by atoms with van der Waals surface area (Å²) in [6.45, 7) is 0. The van der Waals surface area contributed by atoms with Gasteiger partial charge < -0.3 is 5.73 Å². The number of nitrogens with zero attached hydrogens (tertiary/aromatic N) is 1. The largest absolute Gasteiger partial charge is 0.383 e. The Hall–Kier alpha value is -2.30. The lowest BCUT2D eigenvalue weighted by molar-refractivity contribution is 0.497. The SMILES string of the molecule is NC(=Nc1cc(F)cc(F)c1F)c1ccccc1. The Labute approximate surface area is 102 Å². The summed E-state index contributed by atoms with van der Waals surface area (Å²) >= 11 is 0. The first-order valence-electron chi connectivity index (χ1n) is 5.12. The molecule has 0 fully saturated rings. The molecule has 0 saturated heterocycles. The normalized spacial score (nSPS) is 11.6. The molecule has 5 heteroatoms. The van der Waals surface area contributed by atoms with E-state index < -0.39 is 23.1 Å². The predicted octanol–water partition coefficient (Wildman–Crippen LogP) is 3.14. The van der Waals surface area contributed by atoms with Gasteiger partial charge in [-0.2, -0.15) is 0 Å². The van der Waals surface area contributed by atoms with Gasteiger partial charge in [0.25, 0.3) is 0 Å². The average Bonchev–Trinajstić information content (AvgIpc) is 2.36. The summed E-state index contributed by atoms with van der Waals surface area (Å²) in [7, 11) is 0. The quantitative estimate of drug-likeness (QED) is 0.496. The summed E-state index contributed by atoms with van der Waals surface area (Å²) in [5, 5.41) is 0. The van der Waals surface area contributed by atoms with Gasteiger partial charge in [0.1, 0.15) is 17.3 Å². The van der Waals surface area contributed by atoms with Crippen molar-refractivity contribution in [3.8, 4) is 0 Å². The zero-order valence-corrected chi connectivity index (χ0v) is 9.20. The number of nitrogens with two attached hydrogens (primary N) is 1. The van der Waals surface area contributed by atoms with Gasteiger partial charge in [-0.15, -0.1) is 0 Å². The number of halogens is 3. The molecule has 0 aliphatic rings. The molecule has 2 nitrogen and oxygen atoms in total. The highest BCUT2D eigenvalue weighted by molar-refractivity contribution is 5.98. The van der Waals surface area contributed by atoms with E-state index in [4.69, 9.17) is 5.73 Å². The van der Waals surface area contributed by atoms with E-state index in [1.807, 2.05) is 0 Å². The first-order chi connectivity index (χ1) is 8.58. The molecule has 0 aliphatic heterocycles. The molecule has 92 valence electrons. The maximum absolute atomic E-state index is 13.4. The number of rotatable bonds is 2. The van der Waals surface area contributed by atoms with E-state index in [9.17, 15) is 13.2 Å². The van der Waals surface area contributed by atoms with Gasteiger partial charge in [-0.05, 0) is 0 Å². The van der Waals surface area contributed by atoms with Crippen molar-refractivity contribution in [3.05, 3.63) is 65.5 Å². The van der Waals surface area contributed by atoms with E-state index in [1.165, 1.54) is 0 Å². The third-order valence-electron chi connectivity index (χ3n) is 2.28. The van der Waals surface area contributed by atoms with Gasteiger partial charge in [0.15, 0.2) is 11.6 Å². The first kappa shape index (κ1) is 12.2. The Bertz CT molecular complexity index is 595. The Morgan fingerprint density at radius 3 is 2.33 bits per heavy atom. The lowest BCUT2D eigenvalue weighted by Gasteiger charge is -2.02. The molecule has 18 heavy (non-hydrogen) atoms. The number of hydrogen-bond acceptors (Lipinski definition) is 1. The van der Waals surface area contributed by atoms with Gasteiger partial charge in [-0.25, -0.2) is 18.2 Å². The fourth-order valence-electron chi connectivity index (χ4n) is 1.43. The number of hydrogen-bond donors (Lipinski definition) is 1. The summed E-state index contributed by atoms with van der Waals surface area (Å²) in [4.78, 5) is 3.69. The zero-order chi connectivity index (χ0) is 13.1. The Kier molecular flexibility index (Phi) is 3.32. The highest BCUT2D eigenvalue weighted by Gasteiger charge is 2.11. The fourth-order valence-corrected chi connectivity index (χ4v) is 1.43. The maximum atomic E-state index is 13.4. The van der Waals surface area contributed by atoms with Crippen LogP contribution in [0.15, 0.2) is 47.5 Å². The van der Waals surface area contributed by atoms with Crippen LogP contribution < -0.4 is 5.73 Å². The maximum Gasteiger partial charge on any atom is 0.184 e. The van der Waals surface area contributed by atoms with Gasteiger partial charge in [-0.1, -0.05) is 30.3 Å². The van der Waals surface area contributed by atoms with E-state index in [0.717, 1.165) is 6.07 Å². The third kappa shape index (κ3) is 2.51. The van der Waals surface area contributed by atoms with Crippen LogP contribution in [0.2, 0.25) is 0 Å². The summed E-state index contributed by atoms with van der Waals surface area (Å²) in [6, 6.07) is 9.78. The van der Waals surface area contributed by atoms with Gasteiger partial charge in [0, 0.05) is 17.7 Å². The molecule has 0 heterocycles. The summed E-state index contributed by atoms with van der Waals surface area (Å²) in [5.41, 5.74) is 5.71. The lowest BCUT2D eigenvalue weighted by atomic mass is 10.2. The molecule has 0 bridgehead atoms. The number of aliphatic imine (C=N–C) groups is 1. The summed E-state index contributed by atoms with van der Waals surface area (Å²) in [5.74, 6) is -3.45. The van der Waals surface area contributed by atoms with Gasteiger partial charge in [0.2, 0.25) is 0 Å². The van der Waals surface area contributed by atoms with Crippen molar-refractivity contribution < 1.29 is 13.2 Å². The van der Waals surface area contributed by atoms with E-state index >= 15 is 0 Å². The molecule has 0 radical (unpaired) electrons. The highest BCUT2D eigenvalue weighted by atomic mass is 19.2. The second kappa shape index (κ2) is 4.91. The minimum atomic E-state index is -1.30. The van der Waals surface area contributed by atoms with E-state index in [1.54, 1.807) is 30.3 Å². The third-order valence-corrected chi connectivity index (χ3v) is 2.28. The van der Waals surface area contributed by atoms with Crippen molar-refractivity contribution in [2.24, 2.45) is 10.7 Å². The van der Waals surface area contributed by atoms with Crippen LogP contribution in [0.1, 0.15) is 5.56 Å². The second-order valence-corrected chi connectivity index (χ2v) is 3.58. The van der Waals surface area contributed by atoms with Crippen LogP contribution in [0.25, 0.3) is 0 Å². The van der Waals surface area contributed by atoms with Crippen LogP contribution in [0, 0.1) is 17.5 Å². The molecule has 0 saturated carbocycles. The summed E-state index contributed by atoms with van der Waals surface area (Å²) in [6.07, 6.45) is 0. The highest BCUT2D eigenvalue weighted by Crippen LogP contribution is 2.22. The molecular formula is C13H9F3N2. The molecule has 0 amide bonds. The van der Waals surface area contributed by atoms with Crippen LogP contribution >= 0.6 is 0 Å². The molecule has 2 N–H and O–H groups in total. The van der Waals surface area contributed by atoms with Gasteiger partial charge in [0.05, 0.1) is 0 Å². The van der Waals surface area contributed by atoms with Crippen molar-refractivity contribution in [1.29, 1.82) is 0 Å². The van der Waals surface area contributed by atoms with E-state index in [2.05, 4.69) is 4.99 Å². The molecule has 2 rings (SSSR count). The molecule has 0 aromatic heterocycles. The molecule has 0 aliphatic carbocycles. The van der Waals surface area contributed by atoms with Crippen LogP contribution in [-0.4, -0.2) is 5.84 Å². The number of amidine groups is 1. The standard InChI is InChI=1S/C13H9F3N2/c14-9-6-10(15)12(16)11(7-9)18-13(17)8-4-2-1-3-5-8/h1-7H,(H2,17,18). The van der Waals surface area contributed by atoms with Crippen molar-refractivity contribution in [3.63, 3.8) is 0 Å². The molecule has 2 aromatic carbocycles. The molecule has 0 spiro atoms. The molecular weight excluding hydrogens is 241 g/mol. The Morgan fingerprint density at radius 1 is 1.00 bits per heavy atom. The van der Waals surface area contributed by atoms with Crippen LogP contribution in [0.4, 0.5) is 18.9 Å².